The molecule has 0 aliphatic carbocycles. The molecule has 0 aliphatic heterocycles. The molecule has 1 rings (SSSR count). The lowest BCUT2D eigenvalue weighted by Crippen LogP contribution is -1.96. The molecule has 1 N–H and O–H groups in total. The second kappa shape index (κ2) is 4.48. The van der Waals surface area contributed by atoms with Gasteiger partial charge < -0.3 is 5.11 Å². The van der Waals surface area contributed by atoms with Gasteiger partial charge in [-0.2, -0.15) is 0 Å². The topological polar surface area (TPSA) is 63.4 Å². The maximum atomic E-state index is 12.7. The molecule has 1 aromatic carbocycles. The molecule has 0 saturated heterocycles. The van der Waals surface area contributed by atoms with Crippen molar-refractivity contribution < 1.29 is 18.8 Å². The minimum absolute atomic E-state index is 0.270. The Balaban J connectivity index is 3.34. The molecule has 4 nitrogen and oxygen atoms in total. The Labute approximate surface area is 83.3 Å². The van der Waals surface area contributed by atoms with Crippen LogP contribution in [0.4, 0.5) is 14.5 Å². The van der Waals surface area contributed by atoms with Gasteiger partial charge in [0.25, 0.3) is 5.69 Å². The van der Waals surface area contributed by atoms with E-state index in [1.807, 2.05) is 0 Å². The maximum absolute atomic E-state index is 12.7. The molecule has 6 heteroatoms. The van der Waals surface area contributed by atoms with Gasteiger partial charge in [-0.05, 0) is 6.07 Å². The highest BCUT2D eigenvalue weighted by Crippen LogP contribution is 2.21. The highest BCUT2D eigenvalue weighted by Gasteiger charge is 2.16. The zero-order chi connectivity index (χ0) is 11.4. The summed E-state index contributed by atoms with van der Waals surface area (Å²) in [5.74, 6) is 1.75. The fraction of sp³-hybridized carbons (Fsp3) is 0.111. The monoisotopic (exact) mass is 213 g/mol. The first-order valence-corrected chi connectivity index (χ1v) is 3.79. The average Bonchev–Trinajstić information content (AvgIpc) is 2.19. The van der Waals surface area contributed by atoms with E-state index in [4.69, 9.17) is 5.11 Å². The summed E-state index contributed by atoms with van der Waals surface area (Å²) in [6.07, 6.45) is 0. The molecule has 0 aromatic heterocycles. The van der Waals surface area contributed by atoms with Crippen LogP contribution in [0.2, 0.25) is 0 Å². The van der Waals surface area contributed by atoms with Crippen LogP contribution in [-0.2, 0) is 0 Å². The number of aliphatic hydroxyl groups is 1. The first kappa shape index (κ1) is 11.1. The number of benzene rings is 1. The van der Waals surface area contributed by atoms with Crippen LogP contribution in [0.5, 0.6) is 0 Å². The standard InChI is InChI=1S/C9H5F2NO3/c10-7-4-6(2-1-3-13)9(12(14)15)5-8(7)11/h4-5,13H,3H2. The van der Waals surface area contributed by atoms with Crippen LogP contribution < -0.4 is 0 Å². The average molecular weight is 213 g/mol. The molecule has 0 heterocycles. The molecule has 0 unspecified atom stereocenters. The van der Waals surface area contributed by atoms with E-state index in [0.717, 1.165) is 0 Å². The number of nitro groups is 1. The predicted octanol–water partition coefficient (Wildman–Crippen LogP) is 1.22. The van der Waals surface area contributed by atoms with E-state index in [9.17, 15) is 18.9 Å². The highest BCUT2D eigenvalue weighted by molar-refractivity contribution is 5.51. The van der Waals surface area contributed by atoms with E-state index in [-0.39, 0.29) is 5.56 Å². The third-order valence-corrected chi connectivity index (χ3v) is 1.54. The fourth-order valence-corrected chi connectivity index (χ4v) is 0.922. The summed E-state index contributed by atoms with van der Waals surface area (Å²) in [5, 5.41) is 18.8. The summed E-state index contributed by atoms with van der Waals surface area (Å²) in [7, 11) is 0. The summed E-state index contributed by atoms with van der Waals surface area (Å²) >= 11 is 0. The summed E-state index contributed by atoms with van der Waals surface area (Å²) in [4.78, 5) is 9.56. The number of hydrogen-bond donors (Lipinski definition) is 1. The number of halogens is 2. The Morgan fingerprint density at radius 1 is 1.40 bits per heavy atom. The van der Waals surface area contributed by atoms with Gasteiger partial charge in [-0.25, -0.2) is 8.78 Å². The lowest BCUT2D eigenvalue weighted by molar-refractivity contribution is -0.385. The van der Waals surface area contributed by atoms with E-state index in [2.05, 4.69) is 11.8 Å². The number of rotatable bonds is 1. The van der Waals surface area contributed by atoms with Crippen molar-refractivity contribution in [3.8, 4) is 11.8 Å². The van der Waals surface area contributed by atoms with Crippen LogP contribution in [0.25, 0.3) is 0 Å². The Morgan fingerprint density at radius 3 is 2.53 bits per heavy atom. The summed E-state index contributed by atoms with van der Waals surface area (Å²) in [5.41, 5.74) is -0.900. The third-order valence-electron chi connectivity index (χ3n) is 1.54. The molecule has 0 spiro atoms. The molecule has 0 radical (unpaired) electrons. The fourth-order valence-electron chi connectivity index (χ4n) is 0.922. The minimum atomic E-state index is -1.31. The van der Waals surface area contributed by atoms with Crippen LogP contribution >= 0.6 is 0 Å². The zero-order valence-corrected chi connectivity index (χ0v) is 7.33. The number of hydrogen-bond acceptors (Lipinski definition) is 3. The second-order valence-corrected chi connectivity index (χ2v) is 2.50. The Bertz CT molecular complexity index is 462. The van der Waals surface area contributed by atoms with E-state index < -0.39 is 28.9 Å². The second-order valence-electron chi connectivity index (χ2n) is 2.50. The normalized spacial score (nSPS) is 9.27. The van der Waals surface area contributed by atoms with Crippen molar-refractivity contribution in [3.05, 3.63) is 39.4 Å². The van der Waals surface area contributed by atoms with Gasteiger partial charge in [0, 0.05) is 0 Å². The van der Waals surface area contributed by atoms with Crippen molar-refractivity contribution in [2.45, 2.75) is 0 Å². The van der Waals surface area contributed by atoms with Crippen LogP contribution in [0.1, 0.15) is 5.56 Å². The van der Waals surface area contributed by atoms with Gasteiger partial charge in [-0.1, -0.05) is 11.8 Å². The molecule has 0 aliphatic rings. The van der Waals surface area contributed by atoms with Gasteiger partial charge in [0.05, 0.1) is 11.0 Å². The van der Waals surface area contributed by atoms with Gasteiger partial charge in [0.1, 0.15) is 12.2 Å². The van der Waals surface area contributed by atoms with Crippen molar-refractivity contribution in [2.75, 3.05) is 6.61 Å². The molecular weight excluding hydrogens is 208 g/mol. The van der Waals surface area contributed by atoms with E-state index in [1.165, 1.54) is 0 Å². The molecule has 0 saturated carbocycles. The number of nitro benzene ring substituents is 1. The van der Waals surface area contributed by atoms with Crippen LogP contribution in [-0.4, -0.2) is 16.6 Å². The van der Waals surface area contributed by atoms with Crippen molar-refractivity contribution in [1.82, 2.24) is 0 Å². The van der Waals surface area contributed by atoms with Gasteiger partial charge >= 0.3 is 0 Å². The lowest BCUT2D eigenvalue weighted by atomic mass is 10.1. The summed E-state index contributed by atoms with van der Waals surface area (Å²) < 4.78 is 25.4. The molecule has 0 fully saturated rings. The lowest BCUT2D eigenvalue weighted by Gasteiger charge is -1.97. The minimum Gasteiger partial charge on any atom is -0.384 e. The molecule has 0 atom stereocenters. The van der Waals surface area contributed by atoms with Crippen LogP contribution in [0, 0.1) is 33.6 Å². The molecular formula is C9H5F2NO3. The number of aliphatic hydroxyl groups excluding tert-OH is 1. The summed E-state index contributed by atoms with van der Waals surface area (Å²) in [6.45, 7) is -0.518. The molecule has 0 amide bonds. The molecule has 1 aromatic rings. The molecule has 78 valence electrons. The Kier molecular flexibility index (Phi) is 3.31. The Hall–Kier alpha value is -2.00. The third kappa shape index (κ3) is 2.48. The molecule has 0 bridgehead atoms. The first-order chi connectivity index (χ1) is 7.06. The number of nitrogens with zero attached hydrogens (tertiary/aromatic N) is 1. The van der Waals surface area contributed by atoms with Gasteiger partial charge in [-0.3, -0.25) is 10.1 Å². The van der Waals surface area contributed by atoms with Crippen molar-refractivity contribution in [1.29, 1.82) is 0 Å². The SMILES string of the molecule is O=[N+]([O-])c1cc(F)c(F)cc1C#CCO. The highest BCUT2D eigenvalue weighted by atomic mass is 19.2. The van der Waals surface area contributed by atoms with Crippen LogP contribution in [0.3, 0.4) is 0 Å². The van der Waals surface area contributed by atoms with Gasteiger partial charge in [0.15, 0.2) is 11.6 Å². The smallest absolute Gasteiger partial charge is 0.288 e. The van der Waals surface area contributed by atoms with E-state index in [0.29, 0.717) is 12.1 Å². The van der Waals surface area contributed by atoms with Gasteiger partial charge in [-0.15, -0.1) is 0 Å². The van der Waals surface area contributed by atoms with Crippen molar-refractivity contribution >= 4 is 5.69 Å². The predicted molar refractivity (Wildman–Crippen MR) is 47.0 cm³/mol. The van der Waals surface area contributed by atoms with Crippen LogP contribution in [0.15, 0.2) is 12.1 Å². The Morgan fingerprint density at radius 2 is 2.00 bits per heavy atom. The maximum Gasteiger partial charge on any atom is 0.288 e. The van der Waals surface area contributed by atoms with Crippen molar-refractivity contribution in [2.24, 2.45) is 0 Å². The molecule has 15 heavy (non-hydrogen) atoms. The van der Waals surface area contributed by atoms with Gasteiger partial charge in [0.2, 0.25) is 0 Å². The quantitative estimate of drug-likeness (QED) is 0.433. The summed E-state index contributed by atoms with van der Waals surface area (Å²) in [6, 6.07) is 1.08. The first-order valence-electron chi connectivity index (χ1n) is 3.79. The van der Waals surface area contributed by atoms with E-state index >= 15 is 0 Å². The largest absolute Gasteiger partial charge is 0.384 e. The zero-order valence-electron chi connectivity index (χ0n) is 7.33. The van der Waals surface area contributed by atoms with E-state index in [1.54, 1.807) is 0 Å². The van der Waals surface area contributed by atoms with Crippen molar-refractivity contribution in [3.63, 3.8) is 0 Å².